The first-order valence-electron chi connectivity index (χ1n) is 3.43. The highest BCUT2D eigenvalue weighted by Gasteiger charge is 2.07. The molecule has 0 amide bonds. The summed E-state index contributed by atoms with van der Waals surface area (Å²) in [6.07, 6.45) is 0.789. The number of hydrogen-bond acceptors (Lipinski definition) is 3. The molecule has 0 aromatic rings. The molecule has 0 aliphatic rings. The number of aliphatic imine (C=N–C) groups is 1. The van der Waals surface area contributed by atoms with Crippen LogP contribution >= 0.6 is 0 Å². The van der Waals surface area contributed by atoms with Crippen LogP contribution in [0.25, 0.3) is 0 Å². The van der Waals surface area contributed by atoms with Crippen molar-refractivity contribution in [3.63, 3.8) is 0 Å². The summed E-state index contributed by atoms with van der Waals surface area (Å²) in [7, 11) is 1.69. The molecule has 10 heavy (non-hydrogen) atoms. The SMILES string of the molecule is CCC(=NC)C(=N)C(C)N. The van der Waals surface area contributed by atoms with Crippen LogP contribution in [-0.2, 0) is 0 Å². The fourth-order valence-corrected chi connectivity index (χ4v) is 0.732. The zero-order chi connectivity index (χ0) is 8.15. The van der Waals surface area contributed by atoms with Gasteiger partial charge in [0.05, 0.1) is 11.4 Å². The van der Waals surface area contributed by atoms with Crippen molar-refractivity contribution in [2.45, 2.75) is 26.3 Å². The van der Waals surface area contributed by atoms with Crippen molar-refractivity contribution in [2.75, 3.05) is 7.05 Å². The standard InChI is InChI=1S/C7H15N3/c1-4-6(10-3)7(9)5(2)8/h5,9H,4,8H2,1-3H3. The van der Waals surface area contributed by atoms with Gasteiger partial charge in [-0.2, -0.15) is 0 Å². The van der Waals surface area contributed by atoms with Crippen LogP contribution < -0.4 is 5.73 Å². The van der Waals surface area contributed by atoms with Crippen LogP contribution in [0.3, 0.4) is 0 Å². The summed E-state index contributed by atoms with van der Waals surface area (Å²) in [5, 5.41) is 7.44. The Hall–Kier alpha value is -0.700. The third-order valence-corrected chi connectivity index (χ3v) is 1.37. The molecule has 1 atom stereocenters. The van der Waals surface area contributed by atoms with E-state index in [1.165, 1.54) is 0 Å². The van der Waals surface area contributed by atoms with Gasteiger partial charge in [0.25, 0.3) is 0 Å². The van der Waals surface area contributed by atoms with Gasteiger partial charge in [0.1, 0.15) is 0 Å². The maximum Gasteiger partial charge on any atom is 0.0688 e. The van der Waals surface area contributed by atoms with Gasteiger partial charge in [-0.1, -0.05) is 6.92 Å². The smallest absolute Gasteiger partial charge is 0.0688 e. The minimum Gasteiger partial charge on any atom is -0.323 e. The van der Waals surface area contributed by atoms with Gasteiger partial charge in [0.2, 0.25) is 0 Å². The highest BCUT2D eigenvalue weighted by atomic mass is 14.7. The Bertz CT molecular complexity index is 147. The lowest BCUT2D eigenvalue weighted by Crippen LogP contribution is -2.32. The fraction of sp³-hybridized carbons (Fsp3) is 0.714. The van der Waals surface area contributed by atoms with Gasteiger partial charge in [0, 0.05) is 13.1 Å². The fourth-order valence-electron chi connectivity index (χ4n) is 0.732. The third-order valence-electron chi connectivity index (χ3n) is 1.37. The molecule has 0 saturated heterocycles. The monoisotopic (exact) mass is 141 g/mol. The highest BCUT2D eigenvalue weighted by Crippen LogP contribution is 1.91. The molecule has 0 aliphatic heterocycles. The van der Waals surface area contributed by atoms with Gasteiger partial charge < -0.3 is 11.1 Å². The molecule has 0 aromatic carbocycles. The van der Waals surface area contributed by atoms with E-state index in [-0.39, 0.29) is 6.04 Å². The van der Waals surface area contributed by atoms with E-state index < -0.39 is 0 Å². The van der Waals surface area contributed by atoms with Crippen molar-refractivity contribution >= 4 is 11.4 Å². The lowest BCUT2D eigenvalue weighted by atomic mass is 10.1. The molecule has 0 heterocycles. The lowest BCUT2D eigenvalue weighted by molar-refractivity contribution is 0.970. The van der Waals surface area contributed by atoms with E-state index in [1.807, 2.05) is 6.92 Å². The Balaban J connectivity index is 4.18. The first-order valence-corrected chi connectivity index (χ1v) is 3.43. The molecule has 0 bridgehead atoms. The van der Waals surface area contributed by atoms with Gasteiger partial charge >= 0.3 is 0 Å². The number of nitrogens with two attached hydrogens (primary N) is 1. The minimum atomic E-state index is -0.196. The van der Waals surface area contributed by atoms with Crippen LogP contribution in [0.4, 0.5) is 0 Å². The van der Waals surface area contributed by atoms with E-state index in [0.717, 1.165) is 12.1 Å². The van der Waals surface area contributed by atoms with Crippen molar-refractivity contribution < 1.29 is 0 Å². The van der Waals surface area contributed by atoms with E-state index in [1.54, 1.807) is 14.0 Å². The van der Waals surface area contributed by atoms with Crippen molar-refractivity contribution in [2.24, 2.45) is 10.7 Å². The summed E-state index contributed by atoms with van der Waals surface area (Å²) in [6.45, 7) is 3.77. The molecule has 3 nitrogen and oxygen atoms in total. The van der Waals surface area contributed by atoms with Crippen LogP contribution in [0.5, 0.6) is 0 Å². The second-order valence-corrected chi connectivity index (χ2v) is 2.23. The second kappa shape index (κ2) is 4.17. The molecule has 0 aliphatic carbocycles. The third kappa shape index (κ3) is 2.27. The molecule has 0 spiro atoms. The first-order chi connectivity index (χ1) is 4.63. The molecule has 0 saturated carbocycles. The summed E-state index contributed by atoms with van der Waals surface area (Å²) < 4.78 is 0. The van der Waals surface area contributed by atoms with Crippen molar-refractivity contribution in [1.82, 2.24) is 0 Å². The maximum atomic E-state index is 7.44. The number of hydrogen-bond donors (Lipinski definition) is 2. The van der Waals surface area contributed by atoms with Crippen molar-refractivity contribution in [3.05, 3.63) is 0 Å². The van der Waals surface area contributed by atoms with Gasteiger partial charge in [-0.15, -0.1) is 0 Å². The maximum absolute atomic E-state index is 7.44. The molecular weight excluding hydrogens is 126 g/mol. The Kier molecular flexibility index (Phi) is 3.88. The number of nitrogens with zero attached hydrogens (tertiary/aromatic N) is 1. The van der Waals surface area contributed by atoms with E-state index in [0.29, 0.717) is 5.71 Å². The Morgan fingerprint density at radius 1 is 1.70 bits per heavy atom. The van der Waals surface area contributed by atoms with Crippen molar-refractivity contribution in [3.8, 4) is 0 Å². The minimum absolute atomic E-state index is 0.196. The topological polar surface area (TPSA) is 62.2 Å². The Labute approximate surface area is 61.8 Å². The average molecular weight is 141 g/mol. The molecule has 3 N–H and O–H groups in total. The lowest BCUT2D eigenvalue weighted by Gasteiger charge is -2.07. The predicted molar refractivity (Wildman–Crippen MR) is 45.0 cm³/mol. The van der Waals surface area contributed by atoms with E-state index >= 15 is 0 Å². The summed E-state index contributed by atoms with van der Waals surface area (Å²) >= 11 is 0. The zero-order valence-corrected chi connectivity index (χ0v) is 6.81. The molecule has 3 heteroatoms. The van der Waals surface area contributed by atoms with E-state index in [2.05, 4.69) is 4.99 Å². The molecule has 0 rings (SSSR count). The summed E-state index contributed by atoms with van der Waals surface area (Å²) in [5.74, 6) is 0. The number of rotatable bonds is 3. The molecule has 0 fully saturated rings. The van der Waals surface area contributed by atoms with Crippen LogP contribution in [0.1, 0.15) is 20.3 Å². The predicted octanol–water partition coefficient (Wildman–Crippen LogP) is 0.834. The van der Waals surface area contributed by atoms with Gasteiger partial charge in [-0.05, 0) is 13.3 Å². The highest BCUT2D eigenvalue weighted by molar-refractivity contribution is 6.42. The summed E-state index contributed by atoms with van der Waals surface area (Å²) in [5.41, 5.74) is 6.73. The normalized spacial score (nSPS) is 15.0. The van der Waals surface area contributed by atoms with Gasteiger partial charge in [-0.25, -0.2) is 0 Å². The average Bonchev–Trinajstić information content (AvgIpc) is 1.90. The second-order valence-electron chi connectivity index (χ2n) is 2.23. The number of nitrogens with one attached hydrogen (secondary N) is 1. The molecular formula is C7H15N3. The van der Waals surface area contributed by atoms with Crippen LogP contribution in [0, 0.1) is 5.41 Å². The Morgan fingerprint density at radius 2 is 2.20 bits per heavy atom. The molecule has 0 aromatic heterocycles. The van der Waals surface area contributed by atoms with E-state index in [9.17, 15) is 0 Å². The van der Waals surface area contributed by atoms with Crippen LogP contribution in [0.2, 0.25) is 0 Å². The molecule has 0 radical (unpaired) electrons. The van der Waals surface area contributed by atoms with Gasteiger partial charge in [0.15, 0.2) is 0 Å². The van der Waals surface area contributed by atoms with Gasteiger partial charge in [-0.3, -0.25) is 4.99 Å². The largest absolute Gasteiger partial charge is 0.323 e. The first kappa shape index (κ1) is 9.30. The molecule has 58 valence electrons. The summed E-state index contributed by atoms with van der Waals surface area (Å²) in [4.78, 5) is 3.94. The quantitative estimate of drug-likeness (QED) is 0.562. The van der Waals surface area contributed by atoms with Crippen LogP contribution in [-0.4, -0.2) is 24.5 Å². The van der Waals surface area contributed by atoms with Crippen LogP contribution in [0.15, 0.2) is 4.99 Å². The Morgan fingerprint density at radius 3 is 2.30 bits per heavy atom. The molecule has 1 unspecified atom stereocenters. The van der Waals surface area contributed by atoms with Crippen molar-refractivity contribution in [1.29, 1.82) is 5.41 Å². The van der Waals surface area contributed by atoms with E-state index in [4.69, 9.17) is 11.1 Å². The zero-order valence-electron chi connectivity index (χ0n) is 6.81. The summed E-state index contributed by atoms with van der Waals surface area (Å²) in [6, 6.07) is -0.196.